The van der Waals surface area contributed by atoms with Crippen LogP contribution in [0.3, 0.4) is 0 Å². The molecule has 1 aromatic rings. The molecule has 0 radical (unpaired) electrons. The first-order valence-electron chi connectivity index (χ1n) is 12.1. The first-order valence-corrected chi connectivity index (χ1v) is 12.1. The Bertz CT molecular complexity index is 1110. The molecule has 1 aliphatic carbocycles. The monoisotopic (exact) mass is 479 g/mol. The van der Waals surface area contributed by atoms with Gasteiger partial charge in [0.1, 0.15) is 12.1 Å². The van der Waals surface area contributed by atoms with Gasteiger partial charge >= 0.3 is 11.8 Å². The number of benzene rings is 1. The number of likely N-dealkylation sites (tertiary alicyclic amines) is 1. The smallest absolute Gasteiger partial charge is 0.309 e. The second-order valence-corrected chi connectivity index (χ2v) is 11.6. The SMILES string of the molecule is CC(C)(C)C[C@H](NC(=O)C(=O)NC1(C)CCC1)C(=O)N1C[C@]2(C[C@H]1C#N)C(=O)Nc1ccccc12. The largest absolute Gasteiger partial charge is 0.343 e. The summed E-state index contributed by atoms with van der Waals surface area (Å²) in [6.45, 7) is 7.73. The van der Waals surface area contributed by atoms with Gasteiger partial charge in [-0.25, -0.2) is 0 Å². The van der Waals surface area contributed by atoms with E-state index in [4.69, 9.17) is 0 Å². The van der Waals surface area contributed by atoms with Gasteiger partial charge in [-0.1, -0.05) is 39.0 Å². The Labute approximate surface area is 205 Å². The molecular formula is C26H33N5O4. The third-order valence-electron chi connectivity index (χ3n) is 7.41. The van der Waals surface area contributed by atoms with Crippen LogP contribution in [0.4, 0.5) is 5.69 Å². The summed E-state index contributed by atoms with van der Waals surface area (Å²) in [6.07, 6.45) is 3.05. The lowest BCUT2D eigenvalue weighted by molar-refractivity contribution is -0.144. The maximum absolute atomic E-state index is 13.8. The summed E-state index contributed by atoms with van der Waals surface area (Å²) in [5, 5.41) is 18.1. The minimum absolute atomic E-state index is 0.0354. The van der Waals surface area contributed by atoms with Crippen LogP contribution < -0.4 is 16.0 Å². The Balaban J connectivity index is 1.57. The van der Waals surface area contributed by atoms with E-state index in [-0.39, 0.29) is 30.7 Å². The van der Waals surface area contributed by atoms with Crippen LogP contribution in [0.2, 0.25) is 0 Å². The van der Waals surface area contributed by atoms with Crippen molar-refractivity contribution in [3.05, 3.63) is 29.8 Å². The van der Waals surface area contributed by atoms with Crippen LogP contribution in [-0.4, -0.2) is 52.7 Å². The lowest BCUT2D eigenvalue weighted by Gasteiger charge is -2.39. The van der Waals surface area contributed by atoms with Crippen molar-refractivity contribution >= 4 is 29.3 Å². The summed E-state index contributed by atoms with van der Waals surface area (Å²) in [5.74, 6) is -2.33. The molecule has 0 aromatic heterocycles. The highest BCUT2D eigenvalue weighted by Crippen LogP contribution is 2.46. The fraction of sp³-hybridized carbons (Fsp3) is 0.577. The van der Waals surface area contributed by atoms with E-state index < -0.39 is 40.8 Å². The number of hydrogen-bond donors (Lipinski definition) is 3. The number of fused-ring (bicyclic) bond motifs is 2. The van der Waals surface area contributed by atoms with E-state index in [9.17, 15) is 24.4 Å². The summed E-state index contributed by atoms with van der Waals surface area (Å²) in [6, 6.07) is 7.63. The molecule has 0 bridgehead atoms. The number of nitrogens with one attached hydrogen (secondary N) is 3. The van der Waals surface area contributed by atoms with Crippen LogP contribution >= 0.6 is 0 Å². The average Bonchev–Trinajstić information content (AvgIpc) is 3.29. The van der Waals surface area contributed by atoms with Gasteiger partial charge in [0.05, 0.1) is 11.5 Å². The van der Waals surface area contributed by atoms with Crippen molar-refractivity contribution in [2.24, 2.45) is 5.41 Å². The van der Waals surface area contributed by atoms with Crippen molar-refractivity contribution < 1.29 is 19.2 Å². The van der Waals surface area contributed by atoms with Gasteiger partial charge in [-0.2, -0.15) is 5.26 Å². The maximum Gasteiger partial charge on any atom is 0.309 e. The number of anilines is 1. The third kappa shape index (κ3) is 4.62. The molecule has 4 amide bonds. The lowest BCUT2D eigenvalue weighted by Crippen LogP contribution is -2.58. The van der Waals surface area contributed by atoms with Crippen molar-refractivity contribution in [2.75, 3.05) is 11.9 Å². The van der Waals surface area contributed by atoms with Crippen molar-refractivity contribution in [2.45, 2.75) is 82.8 Å². The molecule has 3 N–H and O–H groups in total. The van der Waals surface area contributed by atoms with Crippen LogP contribution in [-0.2, 0) is 24.6 Å². The van der Waals surface area contributed by atoms with Crippen LogP contribution in [0.5, 0.6) is 0 Å². The molecule has 0 unspecified atom stereocenters. The first kappa shape index (κ1) is 24.7. The molecule has 3 aliphatic rings. The van der Waals surface area contributed by atoms with Crippen molar-refractivity contribution in [3.8, 4) is 6.07 Å². The first-order chi connectivity index (χ1) is 16.4. The highest BCUT2D eigenvalue weighted by molar-refractivity contribution is 6.35. The van der Waals surface area contributed by atoms with Crippen molar-refractivity contribution in [3.63, 3.8) is 0 Å². The number of carbonyl (C=O) groups excluding carboxylic acids is 4. The van der Waals surface area contributed by atoms with Gasteiger partial charge in [0.25, 0.3) is 0 Å². The molecule has 3 atom stereocenters. The molecule has 2 aliphatic heterocycles. The fourth-order valence-electron chi connectivity index (χ4n) is 5.39. The summed E-state index contributed by atoms with van der Waals surface area (Å²) >= 11 is 0. The Morgan fingerprint density at radius 3 is 2.51 bits per heavy atom. The number of carbonyl (C=O) groups is 4. The van der Waals surface area contributed by atoms with Gasteiger partial charge in [-0.15, -0.1) is 0 Å². The third-order valence-corrected chi connectivity index (χ3v) is 7.41. The molecule has 2 fully saturated rings. The molecule has 9 heteroatoms. The number of nitrogens with zero attached hydrogens (tertiary/aromatic N) is 2. The number of para-hydroxylation sites is 1. The highest BCUT2D eigenvalue weighted by Gasteiger charge is 2.56. The lowest BCUT2D eigenvalue weighted by atomic mass is 9.78. The molecule has 9 nitrogen and oxygen atoms in total. The number of rotatable bonds is 4. The normalized spacial score (nSPS) is 25.2. The topological polar surface area (TPSA) is 131 Å². The van der Waals surface area contributed by atoms with E-state index in [2.05, 4.69) is 22.0 Å². The van der Waals surface area contributed by atoms with Gasteiger partial charge < -0.3 is 20.9 Å². The highest BCUT2D eigenvalue weighted by atomic mass is 16.2. The zero-order chi connectivity index (χ0) is 25.6. The summed E-state index contributed by atoms with van der Waals surface area (Å²) in [5.41, 5.74) is -0.302. The Kier molecular flexibility index (Phi) is 6.12. The molecule has 1 spiro atoms. The fourth-order valence-corrected chi connectivity index (χ4v) is 5.39. The molecule has 1 aromatic carbocycles. The predicted molar refractivity (Wildman–Crippen MR) is 129 cm³/mol. The maximum atomic E-state index is 13.8. The number of nitriles is 1. The van der Waals surface area contributed by atoms with E-state index in [1.54, 1.807) is 6.07 Å². The van der Waals surface area contributed by atoms with Crippen LogP contribution in [0.1, 0.15) is 65.4 Å². The van der Waals surface area contributed by atoms with Crippen LogP contribution in [0.15, 0.2) is 24.3 Å². The number of hydrogen-bond acceptors (Lipinski definition) is 5. The average molecular weight is 480 g/mol. The van der Waals surface area contributed by atoms with Gasteiger partial charge in [0.2, 0.25) is 11.8 Å². The minimum atomic E-state index is -1.01. The van der Waals surface area contributed by atoms with Crippen molar-refractivity contribution in [1.29, 1.82) is 5.26 Å². The molecule has 2 heterocycles. The summed E-state index contributed by atoms with van der Waals surface area (Å²) < 4.78 is 0. The van der Waals surface area contributed by atoms with Crippen LogP contribution in [0, 0.1) is 16.7 Å². The van der Waals surface area contributed by atoms with Crippen molar-refractivity contribution in [1.82, 2.24) is 15.5 Å². The Hall–Kier alpha value is -3.41. The summed E-state index contributed by atoms with van der Waals surface area (Å²) in [7, 11) is 0. The van der Waals surface area contributed by atoms with E-state index in [0.29, 0.717) is 5.69 Å². The summed E-state index contributed by atoms with van der Waals surface area (Å²) in [4.78, 5) is 53.5. The molecule has 1 saturated heterocycles. The predicted octanol–water partition coefficient (Wildman–Crippen LogP) is 1.98. The van der Waals surface area contributed by atoms with Gasteiger partial charge in [0, 0.05) is 24.2 Å². The minimum Gasteiger partial charge on any atom is -0.343 e. The molecule has 186 valence electrons. The molecule has 35 heavy (non-hydrogen) atoms. The second-order valence-electron chi connectivity index (χ2n) is 11.6. The van der Waals surface area contributed by atoms with E-state index in [1.807, 2.05) is 45.9 Å². The van der Waals surface area contributed by atoms with Gasteiger partial charge in [0.15, 0.2) is 0 Å². The molecule has 1 saturated carbocycles. The van der Waals surface area contributed by atoms with Gasteiger partial charge in [-0.05, 0) is 49.7 Å². The standard InChI is InChI=1S/C26H33N5O4/c1-24(2,3)13-19(28-20(32)21(33)30-25(4)10-7-11-25)22(34)31-15-26(12-16(31)14-27)17-8-5-6-9-18(17)29-23(26)35/h5-6,8-9,16,19H,7,10-13,15H2,1-4H3,(H,28,32)(H,29,35)(H,30,33)/t16-,19-,26-/m0/s1. The van der Waals surface area contributed by atoms with Crippen LogP contribution in [0.25, 0.3) is 0 Å². The Morgan fingerprint density at radius 1 is 1.23 bits per heavy atom. The Morgan fingerprint density at radius 2 is 1.91 bits per heavy atom. The van der Waals surface area contributed by atoms with E-state index in [0.717, 1.165) is 24.8 Å². The second kappa shape index (κ2) is 8.67. The quantitative estimate of drug-likeness (QED) is 0.568. The zero-order valence-corrected chi connectivity index (χ0v) is 20.7. The van der Waals surface area contributed by atoms with Gasteiger partial charge in [-0.3, -0.25) is 19.2 Å². The van der Waals surface area contributed by atoms with E-state index >= 15 is 0 Å². The van der Waals surface area contributed by atoms with E-state index in [1.165, 1.54) is 4.90 Å². The molecular weight excluding hydrogens is 446 g/mol. The number of amides is 4. The molecule has 4 rings (SSSR count). The zero-order valence-electron chi connectivity index (χ0n) is 20.7.